The first kappa shape index (κ1) is 19.9. The van der Waals surface area contributed by atoms with Gasteiger partial charge in [-0.3, -0.25) is 14.8 Å². The zero-order valence-electron chi connectivity index (χ0n) is 17.3. The molecule has 0 atom stereocenters. The van der Waals surface area contributed by atoms with E-state index in [0.29, 0.717) is 26.2 Å². The van der Waals surface area contributed by atoms with Crippen LogP contribution in [0, 0.1) is 0 Å². The highest BCUT2D eigenvalue weighted by molar-refractivity contribution is 5.79. The van der Waals surface area contributed by atoms with Crippen LogP contribution in [0.5, 0.6) is 5.75 Å². The summed E-state index contributed by atoms with van der Waals surface area (Å²) in [5.41, 5.74) is 3.11. The van der Waals surface area contributed by atoms with Gasteiger partial charge in [0, 0.05) is 43.4 Å². The van der Waals surface area contributed by atoms with Crippen molar-refractivity contribution < 1.29 is 14.3 Å². The van der Waals surface area contributed by atoms with E-state index in [1.807, 2.05) is 35.4 Å². The minimum Gasteiger partial charge on any atom is -0.496 e. The van der Waals surface area contributed by atoms with Crippen molar-refractivity contribution in [2.45, 2.75) is 37.8 Å². The fourth-order valence-electron chi connectivity index (χ4n) is 4.83. The number of piperazine rings is 1. The summed E-state index contributed by atoms with van der Waals surface area (Å²) in [4.78, 5) is 17.2. The molecule has 2 fully saturated rings. The van der Waals surface area contributed by atoms with Gasteiger partial charge in [-0.25, -0.2) is 0 Å². The Morgan fingerprint density at radius 2 is 2.00 bits per heavy atom. The number of H-pyrrole nitrogens is 1. The number of hydrogen-bond donors (Lipinski definition) is 1. The molecule has 0 radical (unpaired) electrons. The van der Waals surface area contributed by atoms with Crippen LogP contribution < -0.4 is 4.74 Å². The molecule has 4 rings (SSSR count). The van der Waals surface area contributed by atoms with Crippen LogP contribution in [-0.2, 0) is 16.1 Å². The van der Waals surface area contributed by atoms with E-state index in [1.165, 1.54) is 12.8 Å². The topological polar surface area (TPSA) is 70.7 Å². The summed E-state index contributed by atoms with van der Waals surface area (Å²) in [6.07, 6.45) is 6.57. The van der Waals surface area contributed by atoms with Gasteiger partial charge in [0.25, 0.3) is 0 Å². The van der Waals surface area contributed by atoms with E-state index < -0.39 is 0 Å². The Balaban J connectivity index is 1.59. The minimum absolute atomic E-state index is 0.0525. The number of para-hydroxylation sites is 1. The summed E-state index contributed by atoms with van der Waals surface area (Å²) in [6, 6.07) is 7.95. The molecule has 2 aromatic rings. The molecule has 1 amide bonds. The number of benzene rings is 1. The summed E-state index contributed by atoms with van der Waals surface area (Å²) in [7, 11) is 3.37. The van der Waals surface area contributed by atoms with Gasteiger partial charge in [0.05, 0.1) is 32.2 Å². The van der Waals surface area contributed by atoms with Crippen molar-refractivity contribution >= 4 is 5.91 Å². The number of ether oxygens (including phenoxy) is 2. The fourth-order valence-corrected chi connectivity index (χ4v) is 4.83. The quantitative estimate of drug-likeness (QED) is 0.777. The Bertz CT molecular complexity index is 844. The first-order valence-electron chi connectivity index (χ1n) is 10.3. The summed E-state index contributed by atoms with van der Waals surface area (Å²) in [5.74, 6) is 0.996. The molecule has 156 valence electrons. The smallest absolute Gasteiger partial charge is 0.236 e. The summed E-state index contributed by atoms with van der Waals surface area (Å²) >= 11 is 0. The molecular formula is C22H30N4O3. The maximum absolute atomic E-state index is 12.8. The third-order valence-corrected chi connectivity index (χ3v) is 6.39. The molecule has 1 aliphatic heterocycles. The Hall–Kier alpha value is -2.38. The molecule has 0 unspecified atom stereocenters. The van der Waals surface area contributed by atoms with Crippen LogP contribution in [0.25, 0.3) is 11.3 Å². The van der Waals surface area contributed by atoms with Crippen molar-refractivity contribution in [3.05, 3.63) is 36.0 Å². The maximum atomic E-state index is 12.8. The van der Waals surface area contributed by atoms with Crippen molar-refractivity contribution in [3.63, 3.8) is 0 Å². The molecule has 7 nitrogen and oxygen atoms in total. The largest absolute Gasteiger partial charge is 0.496 e. The van der Waals surface area contributed by atoms with Crippen molar-refractivity contribution in [3.8, 4) is 17.0 Å². The lowest BCUT2D eigenvalue weighted by molar-refractivity contribution is -0.144. The molecule has 1 aromatic carbocycles. The van der Waals surface area contributed by atoms with Gasteiger partial charge in [0.1, 0.15) is 5.75 Å². The number of nitrogens with one attached hydrogen (secondary N) is 1. The van der Waals surface area contributed by atoms with Gasteiger partial charge >= 0.3 is 0 Å². The fraction of sp³-hybridized carbons (Fsp3) is 0.545. The Labute approximate surface area is 172 Å². The summed E-state index contributed by atoms with van der Waals surface area (Å²) in [6.45, 7) is 3.19. The monoisotopic (exact) mass is 398 g/mol. The van der Waals surface area contributed by atoms with Crippen LogP contribution in [-0.4, -0.2) is 71.9 Å². The van der Waals surface area contributed by atoms with E-state index in [2.05, 4.69) is 15.1 Å². The van der Waals surface area contributed by atoms with Gasteiger partial charge in [0.15, 0.2) is 0 Å². The third-order valence-electron chi connectivity index (χ3n) is 6.39. The molecule has 7 heteroatoms. The lowest BCUT2D eigenvalue weighted by Crippen LogP contribution is -2.63. The second-order valence-electron chi connectivity index (χ2n) is 8.07. The first-order valence-corrected chi connectivity index (χ1v) is 10.3. The van der Waals surface area contributed by atoms with E-state index in [1.54, 1.807) is 14.2 Å². The standard InChI is InChI=1S/C22H30N4O3/c1-28-12-11-25-16-22(9-5-6-10-22)26(15-20(25)27)14-17-13-23-24-21(17)18-7-3-4-8-19(18)29-2/h3-4,7-8,13H,5-6,9-12,14-16H2,1-2H3,(H,23,24). The number of aromatic amines is 1. The highest BCUT2D eigenvalue weighted by Crippen LogP contribution is 2.40. The van der Waals surface area contributed by atoms with Gasteiger partial charge in [0.2, 0.25) is 5.91 Å². The Kier molecular flexibility index (Phi) is 5.87. The number of rotatable bonds is 7. The number of methoxy groups -OCH3 is 2. The van der Waals surface area contributed by atoms with Crippen molar-refractivity contribution in [1.29, 1.82) is 0 Å². The predicted molar refractivity (Wildman–Crippen MR) is 111 cm³/mol. The molecular weight excluding hydrogens is 368 g/mol. The van der Waals surface area contributed by atoms with Crippen LogP contribution in [0.1, 0.15) is 31.2 Å². The first-order chi connectivity index (χ1) is 14.2. The van der Waals surface area contributed by atoms with Crippen LogP contribution in [0.4, 0.5) is 0 Å². The minimum atomic E-state index is 0.0525. The van der Waals surface area contributed by atoms with Gasteiger partial charge in [-0.1, -0.05) is 25.0 Å². The normalized spacial score (nSPS) is 19.2. The molecule has 29 heavy (non-hydrogen) atoms. The van der Waals surface area contributed by atoms with Crippen LogP contribution in [0.2, 0.25) is 0 Å². The molecule has 1 spiro atoms. The predicted octanol–water partition coefficient (Wildman–Crippen LogP) is 2.69. The second-order valence-corrected chi connectivity index (χ2v) is 8.07. The Morgan fingerprint density at radius 1 is 1.21 bits per heavy atom. The van der Waals surface area contributed by atoms with E-state index in [9.17, 15) is 4.79 Å². The average Bonchev–Trinajstić information content (AvgIpc) is 3.40. The van der Waals surface area contributed by atoms with E-state index in [-0.39, 0.29) is 11.4 Å². The van der Waals surface area contributed by atoms with Crippen molar-refractivity contribution in [2.75, 3.05) is 40.5 Å². The lowest BCUT2D eigenvalue weighted by atomic mass is 9.90. The zero-order valence-corrected chi connectivity index (χ0v) is 17.3. The molecule has 2 aliphatic rings. The van der Waals surface area contributed by atoms with Gasteiger partial charge in [-0.15, -0.1) is 0 Å². The number of carbonyl (C=O) groups is 1. The summed E-state index contributed by atoms with van der Waals surface area (Å²) < 4.78 is 10.8. The Morgan fingerprint density at radius 3 is 2.76 bits per heavy atom. The van der Waals surface area contributed by atoms with Crippen molar-refractivity contribution in [1.82, 2.24) is 20.0 Å². The molecule has 1 aromatic heterocycles. The highest BCUT2D eigenvalue weighted by atomic mass is 16.5. The molecule has 1 aliphatic carbocycles. The van der Waals surface area contributed by atoms with E-state index in [4.69, 9.17) is 9.47 Å². The number of hydrogen-bond acceptors (Lipinski definition) is 5. The van der Waals surface area contributed by atoms with Crippen LogP contribution in [0.15, 0.2) is 30.5 Å². The molecule has 1 saturated heterocycles. The zero-order chi connectivity index (χ0) is 20.3. The second kappa shape index (κ2) is 8.55. The van der Waals surface area contributed by atoms with Gasteiger partial charge in [-0.05, 0) is 25.0 Å². The number of aromatic nitrogens is 2. The molecule has 0 bridgehead atoms. The van der Waals surface area contributed by atoms with Crippen LogP contribution in [0.3, 0.4) is 0 Å². The third kappa shape index (κ3) is 3.89. The SMILES string of the molecule is COCCN1CC2(CCCC2)N(Cc2cn[nH]c2-c2ccccc2OC)CC1=O. The average molecular weight is 399 g/mol. The van der Waals surface area contributed by atoms with E-state index in [0.717, 1.165) is 42.0 Å². The van der Waals surface area contributed by atoms with Gasteiger partial charge < -0.3 is 14.4 Å². The maximum Gasteiger partial charge on any atom is 0.236 e. The summed E-state index contributed by atoms with van der Waals surface area (Å²) in [5, 5.41) is 7.45. The van der Waals surface area contributed by atoms with Crippen LogP contribution >= 0.6 is 0 Å². The van der Waals surface area contributed by atoms with E-state index >= 15 is 0 Å². The lowest BCUT2D eigenvalue weighted by Gasteiger charge is -2.48. The number of nitrogens with zero attached hydrogens (tertiary/aromatic N) is 3. The molecule has 1 N–H and O–H groups in total. The molecule has 1 saturated carbocycles. The molecule has 2 heterocycles. The number of carbonyl (C=O) groups excluding carboxylic acids is 1. The van der Waals surface area contributed by atoms with Crippen molar-refractivity contribution in [2.24, 2.45) is 0 Å². The highest BCUT2D eigenvalue weighted by Gasteiger charge is 2.46. The number of amides is 1. The van der Waals surface area contributed by atoms with Gasteiger partial charge in [-0.2, -0.15) is 5.10 Å².